The van der Waals surface area contributed by atoms with Crippen LogP contribution in [-0.4, -0.2) is 16.6 Å². The van der Waals surface area contributed by atoms with Gasteiger partial charge in [-0.2, -0.15) is 0 Å². The van der Waals surface area contributed by atoms with Crippen molar-refractivity contribution in [2.24, 2.45) is 11.8 Å². The minimum atomic E-state index is -0.106. The van der Waals surface area contributed by atoms with Crippen LogP contribution in [0.25, 0.3) is 11.1 Å². The summed E-state index contributed by atoms with van der Waals surface area (Å²) in [5.41, 5.74) is 5.27. The van der Waals surface area contributed by atoms with Crippen molar-refractivity contribution in [3.8, 4) is 0 Å². The standard InChI is InChI=1S/C26H33NO2S.2C8H18.C3H8.C2H6/c1-8-12-15-23(18(5)13-9-2)22(11-4)25-17-30-26(27-25)24(20(7)29)16-21(14-10-3)19(6)28;2*1-4-6-7-8(3)5-2;1-3-2;1-2/h8,11-12,14-17H,1,9-10,13H2,2-7H3;2*8H,4-7H2,1-3H3;3H2,1-2H3;1-2H3/b15-12-,21-14+,22-11+,23-18-,24-16+;;;;. The summed E-state index contributed by atoms with van der Waals surface area (Å²) < 4.78 is 0. The number of unbranched alkanes of at least 4 members (excludes halogenated alkanes) is 2. The van der Waals surface area contributed by atoms with Gasteiger partial charge in [0.15, 0.2) is 11.6 Å². The highest BCUT2D eigenvalue weighted by molar-refractivity contribution is 7.11. The van der Waals surface area contributed by atoms with Crippen molar-refractivity contribution in [2.75, 3.05) is 0 Å². The number of allylic oxidation sites excluding steroid dienone is 11. The summed E-state index contributed by atoms with van der Waals surface area (Å²) in [6.07, 6.45) is 26.4. The summed E-state index contributed by atoms with van der Waals surface area (Å²) >= 11 is 1.42. The number of aromatic nitrogens is 1. The van der Waals surface area contributed by atoms with Gasteiger partial charge in [0.05, 0.1) is 11.3 Å². The zero-order valence-electron chi connectivity index (χ0n) is 36.6. The largest absolute Gasteiger partial charge is 0.295 e. The molecule has 294 valence electrons. The first-order valence-electron chi connectivity index (χ1n) is 20.4. The van der Waals surface area contributed by atoms with E-state index in [2.05, 4.69) is 88.0 Å². The van der Waals surface area contributed by atoms with E-state index in [0.29, 0.717) is 16.2 Å². The molecule has 2 atom stereocenters. The van der Waals surface area contributed by atoms with E-state index < -0.39 is 0 Å². The van der Waals surface area contributed by atoms with Gasteiger partial charge in [-0.3, -0.25) is 9.59 Å². The van der Waals surface area contributed by atoms with Gasteiger partial charge in [-0.1, -0.05) is 190 Å². The first-order chi connectivity index (χ1) is 24.3. The van der Waals surface area contributed by atoms with Crippen molar-refractivity contribution in [3.05, 3.63) is 75.8 Å². The normalized spacial score (nSPS) is 13.1. The van der Waals surface area contributed by atoms with Crippen LogP contribution in [0.2, 0.25) is 0 Å². The highest BCUT2D eigenvalue weighted by Gasteiger charge is 2.17. The van der Waals surface area contributed by atoms with Crippen molar-refractivity contribution in [2.45, 2.75) is 188 Å². The van der Waals surface area contributed by atoms with Crippen LogP contribution in [0.15, 0.2) is 65.1 Å². The molecule has 1 heterocycles. The van der Waals surface area contributed by atoms with Crippen LogP contribution in [0.4, 0.5) is 0 Å². The molecule has 0 aliphatic heterocycles. The van der Waals surface area contributed by atoms with Crippen LogP contribution >= 0.6 is 11.3 Å². The molecule has 0 fully saturated rings. The summed E-state index contributed by atoms with van der Waals surface area (Å²) in [6, 6.07) is 0. The van der Waals surface area contributed by atoms with Gasteiger partial charge < -0.3 is 0 Å². The fraction of sp³-hybridized carbons (Fsp3) is 0.638. The first kappa shape index (κ1) is 55.2. The number of ketones is 2. The van der Waals surface area contributed by atoms with E-state index in [1.54, 1.807) is 12.2 Å². The number of thiazole rings is 1. The molecule has 0 aliphatic rings. The lowest BCUT2D eigenvalue weighted by Gasteiger charge is -2.11. The molecule has 4 heteroatoms. The number of Topliss-reactive ketones (excluding diaryl/α,β-unsaturated/α-hetero) is 2. The lowest BCUT2D eigenvalue weighted by atomic mass is 9.95. The average Bonchev–Trinajstić information content (AvgIpc) is 3.60. The molecule has 1 aromatic rings. The molecular weight excluding hydrogens is 643 g/mol. The predicted molar refractivity (Wildman–Crippen MR) is 236 cm³/mol. The Kier molecular flexibility index (Phi) is 41.8. The summed E-state index contributed by atoms with van der Waals surface area (Å²) in [7, 11) is 0. The number of nitrogens with zero attached hydrogens (tertiary/aromatic N) is 1. The second kappa shape index (κ2) is 38.6. The Morgan fingerprint density at radius 3 is 1.69 bits per heavy atom. The smallest absolute Gasteiger partial charge is 0.162 e. The Morgan fingerprint density at radius 2 is 1.33 bits per heavy atom. The lowest BCUT2D eigenvalue weighted by Crippen LogP contribution is -2.01. The van der Waals surface area contributed by atoms with Crippen molar-refractivity contribution in [1.29, 1.82) is 0 Å². The van der Waals surface area contributed by atoms with Crippen molar-refractivity contribution in [3.63, 3.8) is 0 Å². The van der Waals surface area contributed by atoms with Crippen LogP contribution in [-0.2, 0) is 9.59 Å². The van der Waals surface area contributed by atoms with Gasteiger partial charge in [0.1, 0.15) is 5.01 Å². The molecule has 0 aliphatic carbocycles. The maximum absolute atomic E-state index is 12.3. The van der Waals surface area contributed by atoms with E-state index in [1.165, 1.54) is 88.5 Å². The molecule has 0 saturated heterocycles. The highest BCUT2D eigenvalue weighted by Crippen LogP contribution is 2.32. The van der Waals surface area contributed by atoms with Crippen molar-refractivity contribution < 1.29 is 9.59 Å². The maximum atomic E-state index is 12.3. The molecule has 1 aromatic heterocycles. The summed E-state index contributed by atoms with van der Waals surface area (Å²) in [5.74, 6) is 1.74. The lowest BCUT2D eigenvalue weighted by molar-refractivity contribution is -0.113. The van der Waals surface area contributed by atoms with E-state index in [1.807, 2.05) is 45.2 Å². The third-order valence-electron chi connectivity index (χ3n) is 8.08. The quantitative estimate of drug-likeness (QED) is 0.105. The molecule has 2 unspecified atom stereocenters. The number of hydrogen-bond acceptors (Lipinski definition) is 4. The average molecular weight is 726 g/mol. The molecular formula is C47H83NO2S. The third-order valence-corrected chi connectivity index (χ3v) is 8.95. The zero-order valence-corrected chi connectivity index (χ0v) is 37.4. The van der Waals surface area contributed by atoms with Gasteiger partial charge in [-0.15, -0.1) is 11.3 Å². The van der Waals surface area contributed by atoms with Gasteiger partial charge in [0, 0.05) is 16.5 Å². The molecule has 0 N–H and O–H groups in total. The Bertz CT molecular complexity index is 1160. The Labute approximate surface area is 323 Å². The summed E-state index contributed by atoms with van der Waals surface area (Å²) in [6.45, 7) is 37.0. The van der Waals surface area contributed by atoms with Crippen LogP contribution in [0.5, 0.6) is 0 Å². The molecule has 0 bridgehead atoms. The van der Waals surface area contributed by atoms with E-state index in [9.17, 15) is 9.59 Å². The Balaban J connectivity index is -0.000000427. The van der Waals surface area contributed by atoms with Crippen LogP contribution in [0.1, 0.15) is 199 Å². The van der Waals surface area contributed by atoms with Gasteiger partial charge in [0.25, 0.3) is 0 Å². The second-order valence-corrected chi connectivity index (χ2v) is 13.9. The fourth-order valence-corrected chi connectivity index (χ4v) is 5.49. The van der Waals surface area contributed by atoms with Crippen LogP contribution < -0.4 is 0 Å². The molecule has 0 aromatic carbocycles. The predicted octanol–water partition coefficient (Wildman–Crippen LogP) is 16.2. The Hall–Kier alpha value is -2.59. The maximum Gasteiger partial charge on any atom is 0.162 e. The molecule has 3 nitrogen and oxygen atoms in total. The zero-order chi connectivity index (χ0) is 40.2. The molecule has 0 saturated carbocycles. The van der Waals surface area contributed by atoms with E-state index >= 15 is 0 Å². The molecule has 0 radical (unpaired) electrons. The topological polar surface area (TPSA) is 47.0 Å². The third kappa shape index (κ3) is 28.7. The van der Waals surface area contributed by atoms with Crippen molar-refractivity contribution >= 4 is 34.0 Å². The summed E-state index contributed by atoms with van der Waals surface area (Å²) in [5, 5.41) is 2.60. The monoisotopic (exact) mass is 726 g/mol. The second-order valence-electron chi connectivity index (χ2n) is 13.0. The summed E-state index contributed by atoms with van der Waals surface area (Å²) in [4.78, 5) is 29.1. The van der Waals surface area contributed by atoms with Crippen molar-refractivity contribution in [1.82, 2.24) is 4.98 Å². The number of carbonyl (C=O) groups excluding carboxylic acids is 2. The molecule has 0 amide bonds. The minimum absolute atomic E-state index is 0.0588. The Morgan fingerprint density at radius 1 is 0.824 bits per heavy atom. The molecule has 51 heavy (non-hydrogen) atoms. The van der Waals surface area contributed by atoms with Crippen LogP contribution in [0, 0.1) is 11.8 Å². The van der Waals surface area contributed by atoms with Crippen LogP contribution in [0.3, 0.4) is 0 Å². The molecule has 1 rings (SSSR count). The van der Waals surface area contributed by atoms with E-state index in [4.69, 9.17) is 4.98 Å². The van der Waals surface area contributed by atoms with E-state index in [-0.39, 0.29) is 11.6 Å². The minimum Gasteiger partial charge on any atom is -0.295 e. The van der Waals surface area contributed by atoms with Gasteiger partial charge in [-0.25, -0.2) is 4.98 Å². The highest BCUT2D eigenvalue weighted by atomic mass is 32.1. The number of carbonyl (C=O) groups is 2. The van der Waals surface area contributed by atoms with Gasteiger partial charge in [-0.05, 0) is 64.0 Å². The van der Waals surface area contributed by atoms with E-state index in [0.717, 1.165) is 47.9 Å². The number of rotatable bonds is 19. The number of hydrogen-bond donors (Lipinski definition) is 0. The fourth-order valence-electron chi connectivity index (χ4n) is 4.61. The first-order valence-corrected chi connectivity index (χ1v) is 21.3. The molecule has 0 spiro atoms. The SMILES string of the molecule is C=C\C=C/C(=C(\C)CCC)C(=C\C)/c1csc(/C(=C/C(=C\CC)C(C)=O)C(C)=O)n1.CC.CCC.CCCCC(C)CC.CCCCC(C)CC. The van der Waals surface area contributed by atoms with Gasteiger partial charge >= 0.3 is 0 Å². The van der Waals surface area contributed by atoms with Gasteiger partial charge in [0.2, 0.25) is 0 Å².